The van der Waals surface area contributed by atoms with Gasteiger partial charge in [0.25, 0.3) is 0 Å². The molecular weight excluding hydrogens is 391 g/mol. The topological polar surface area (TPSA) is 101 Å². The molecule has 4 rings (SSSR count). The fourth-order valence-electron chi connectivity index (χ4n) is 3.92. The molecule has 2 aliphatic rings. The zero-order chi connectivity index (χ0) is 21.6. The number of nitrogens with zero attached hydrogens (tertiary/aromatic N) is 3. The number of nitrogens with two attached hydrogens (primary N) is 1. The Balaban J connectivity index is 1.76. The Hall–Kier alpha value is -2.88. The molecule has 0 aromatic carbocycles. The average Bonchev–Trinajstić information content (AvgIpc) is 3.31. The van der Waals surface area contributed by atoms with E-state index in [1.807, 2.05) is 0 Å². The molecule has 30 heavy (non-hydrogen) atoms. The lowest BCUT2D eigenvalue weighted by Gasteiger charge is -2.24. The maximum absolute atomic E-state index is 14.6. The molecule has 0 radical (unpaired) electrons. The molecule has 2 aliphatic heterocycles. The van der Waals surface area contributed by atoms with Crippen molar-refractivity contribution >= 4 is 22.6 Å². The molecule has 0 saturated carbocycles. The smallest absolute Gasteiger partial charge is 0.194 e. The number of fused-ring (bicyclic) bond motifs is 2. The minimum absolute atomic E-state index is 0.0214. The molecule has 2 aromatic heterocycles. The summed E-state index contributed by atoms with van der Waals surface area (Å²) in [6.07, 6.45) is 5.95. The number of carbonyl (C=O) groups is 1. The Labute approximate surface area is 172 Å². The summed E-state index contributed by atoms with van der Waals surface area (Å²) in [4.78, 5) is 21.2. The minimum atomic E-state index is -0.942. The van der Waals surface area contributed by atoms with Crippen molar-refractivity contribution in [3.05, 3.63) is 54.8 Å². The van der Waals surface area contributed by atoms with Gasteiger partial charge in [-0.1, -0.05) is 30.9 Å². The Morgan fingerprint density at radius 1 is 1.33 bits per heavy atom. The second-order valence-electron chi connectivity index (χ2n) is 7.56. The summed E-state index contributed by atoms with van der Waals surface area (Å²) in [6.45, 7) is 8.90. The SMILES string of the molecule is C=C/C=C\C(=C/C)C(=O)[C@H]1O[C@@H](n2cc(F)c3c(N)ncnc32)[C@@H]2OC(C)(C)O[C@@H]21. The van der Waals surface area contributed by atoms with Crippen molar-refractivity contribution in [3.63, 3.8) is 0 Å². The summed E-state index contributed by atoms with van der Waals surface area (Å²) < 4.78 is 34.2. The molecule has 4 heterocycles. The normalized spacial score (nSPS) is 28.3. The van der Waals surface area contributed by atoms with E-state index in [9.17, 15) is 9.18 Å². The summed E-state index contributed by atoms with van der Waals surface area (Å²) in [5.74, 6) is -1.76. The summed E-state index contributed by atoms with van der Waals surface area (Å²) in [6, 6.07) is 0. The lowest BCUT2D eigenvalue weighted by Crippen LogP contribution is -2.36. The van der Waals surface area contributed by atoms with Crippen LogP contribution < -0.4 is 5.73 Å². The van der Waals surface area contributed by atoms with Crippen LogP contribution in [-0.2, 0) is 19.0 Å². The standard InChI is InChI=1S/C21H23FN4O4/c1-5-7-8-11(6-2)14(27)15-16-17(30-21(3,4)29-16)20(28-15)26-9-12(22)13-18(23)24-10-25-19(13)26/h5-10,15-17,20H,1H2,2-4H3,(H2,23,24,25)/b8-7-,11-6+/t15-,16-,17-,20-/m1/s1. The lowest BCUT2D eigenvalue weighted by atomic mass is 10.00. The van der Waals surface area contributed by atoms with Crippen LogP contribution in [0.25, 0.3) is 11.0 Å². The molecule has 0 bridgehead atoms. The van der Waals surface area contributed by atoms with E-state index in [1.54, 1.807) is 45.1 Å². The number of ketones is 1. The van der Waals surface area contributed by atoms with Gasteiger partial charge in [-0.05, 0) is 20.8 Å². The molecule has 2 N–H and O–H groups in total. The van der Waals surface area contributed by atoms with Crippen molar-refractivity contribution in [1.82, 2.24) is 14.5 Å². The van der Waals surface area contributed by atoms with E-state index in [0.717, 1.165) is 0 Å². The molecule has 0 aliphatic carbocycles. The van der Waals surface area contributed by atoms with Crippen LogP contribution >= 0.6 is 0 Å². The van der Waals surface area contributed by atoms with Crippen molar-refractivity contribution < 1.29 is 23.4 Å². The highest BCUT2D eigenvalue weighted by Crippen LogP contribution is 2.45. The van der Waals surface area contributed by atoms with Gasteiger partial charge in [0.1, 0.15) is 24.4 Å². The van der Waals surface area contributed by atoms with E-state index in [4.69, 9.17) is 19.9 Å². The number of hydrogen-bond donors (Lipinski definition) is 1. The van der Waals surface area contributed by atoms with Gasteiger partial charge in [-0.25, -0.2) is 14.4 Å². The van der Waals surface area contributed by atoms with Crippen LogP contribution in [-0.4, -0.2) is 44.4 Å². The molecule has 0 unspecified atom stereocenters. The average molecular weight is 414 g/mol. The first kappa shape index (κ1) is 20.4. The third-order valence-electron chi connectivity index (χ3n) is 5.16. The van der Waals surface area contributed by atoms with Crippen molar-refractivity contribution in [1.29, 1.82) is 0 Å². The second kappa shape index (κ2) is 7.42. The zero-order valence-corrected chi connectivity index (χ0v) is 16.9. The molecule has 158 valence electrons. The van der Waals surface area contributed by atoms with E-state index in [0.29, 0.717) is 5.57 Å². The van der Waals surface area contributed by atoms with Gasteiger partial charge in [0, 0.05) is 11.8 Å². The fourth-order valence-corrected chi connectivity index (χ4v) is 3.92. The van der Waals surface area contributed by atoms with Gasteiger partial charge in [-0.3, -0.25) is 4.79 Å². The van der Waals surface area contributed by atoms with Gasteiger partial charge in [0.15, 0.2) is 35.4 Å². The number of allylic oxidation sites excluding steroid dienone is 4. The molecular formula is C21H23FN4O4. The van der Waals surface area contributed by atoms with Crippen molar-refractivity contribution in [2.45, 2.75) is 51.1 Å². The largest absolute Gasteiger partial charge is 0.383 e. The Bertz CT molecular complexity index is 1070. The molecule has 2 fully saturated rings. The summed E-state index contributed by atoms with van der Waals surface area (Å²) in [7, 11) is 0. The van der Waals surface area contributed by atoms with Crippen LogP contribution in [0, 0.1) is 5.82 Å². The van der Waals surface area contributed by atoms with Gasteiger partial charge < -0.3 is 24.5 Å². The Kier molecular flexibility index (Phi) is 5.05. The number of Topliss-reactive ketones (excluding diaryl/α,β-unsaturated/α-hetero) is 1. The van der Waals surface area contributed by atoms with Crippen LogP contribution in [0.3, 0.4) is 0 Å². The summed E-state index contributed by atoms with van der Waals surface area (Å²) in [5, 5.41) is 0.0914. The van der Waals surface area contributed by atoms with Crippen LogP contribution in [0.1, 0.15) is 27.0 Å². The van der Waals surface area contributed by atoms with Gasteiger partial charge in [-0.15, -0.1) is 0 Å². The number of nitrogen functional groups attached to an aromatic ring is 1. The van der Waals surface area contributed by atoms with Crippen LogP contribution in [0.4, 0.5) is 10.2 Å². The second-order valence-corrected chi connectivity index (χ2v) is 7.56. The first-order valence-electron chi connectivity index (χ1n) is 9.54. The number of halogens is 1. The van der Waals surface area contributed by atoms with Crippen molar-refractivity contribution in [2.24, 2.45) is 0 Å². The van der Waals surface area contributed by atoms with Crippen molar-refractivity contribution in [3.8, 4) is 0 Å². The maximum atomic E-state index is 14.6. The number of rotatable bonds is 5. The van der Waals surface area contributed by atoms with Crippen molar-refractivity contribution in [2.75, 3.05) is 5.73 Å². The maximum Gasteiger partial charge on any atom is 0.194 e. The third-order valence-corrected chi connectivity index (χ3v) is 5.16. The number of carbonyl (C=O) groups excluding carboxylic acids is 1. The monoisotopic (exact) mass is 414 g/mol. The summed E-state index contributed by atoms with van der Waals surface area (Å²) in [5.41, 5.74) is 6.52. The quantitative estimate of drug-likeness (QED) is 0.593. The van der Waals surface area contributed by atoms with Crippen LogP contribution in [0.15, 0.2) is 49.0 Å². The third kappa shape index (κ3) is 3.24. The van der Waals surface area contributed by atoms with E-state index >= 15 is 0 Å². The van der Waals surface area contributed by atoms with Gasteiger partial charge in [0.05, 0.1) is 5.39 Å². The molecule has 2 saturated heterocycles. The number of ether oxygens (including phenoxy) is 3. The highest BCUT2D eigenvalue weighted by atomic mass is 19.1. The molecule has 0 amide bonds. The van der Waals surface area contributed by atoms with Gasteiger partial charge in [-0.2, -0.15) is 0 Å². The zero-order valence-electron chi connectivity index (χ0n) is 16.9. The minimum Gasteiger partial charge on any atom is -0.383 e. The van der Waals surface area contributed by atoms with Crippen LogP contribution in [0.5, 0.6) is 0 Å². The molecule has 2 aromatic rings. The van der Waals surface area contributed by atoms with Gasteiger partial charge in [0.2, 0.25) is 0 Å². The van der Waals surface area contributed by atoms with E-state index < -0.39 is 36.1 Å². The van der Waals surface area contributed by atoms with Crippen LogP contribution in [0.2, 0.25) is 0 Å². The lowest BCUT2D eigenvalue weighted by molar-refractivity contribution is -0.196. The number of anilines is 1. The highest BCUT2D eigenvalue weighted by molar-refractivity contribution is 6.02. The predicted octanol–water partition coefficient (Wildman–Crippen LogP) is 2.83. The molecule has 0 spiro atoms. The molecule has 9 heteroatoms. The highest BCUT2D eigenvalue weighted by Gasteiger charge is 2.58. The van der Waals surface area contributed by atoms with E-state index in [1.165, 1.54) is 17.1 Å². The van der Waals surface area contributed by atoms with Gasteiger partial charge >= 0.3 is 0 Å². The first-order valence-corrected chi connectivity index (χ1v) is 9.54. The Morgan fingerprint density at radius 2 is 2.07 bits per heavy atom. The molecule has 8 nitrogen and oxygen atoms in total. The Morgan fingerprint density at radius 3 is 2.77 bits per heavy atom. The van der Waals surface area contributed by atoms with E-state index in [-0.39, 0.29) is 22.6 Å². The number of hydrogen-bond acceptors (Lipinski definition) is 7. The fraction of sp³-hybridized carbons (Fsp3) is 0.381. The first-order chi connectivity index (χ1) is 14.3. The number of aromatic nitrogens is 3. The predicted molar refractivity (Wildman–Crippen MR) is 108 cm³/mol. The van der Waals surface area contributed by atoms with E-state index in [2.05, 4.69) is 16.5 Å². The summed E-state index contributed by atoms with van der Waals surface area (Å²) >= 11 is 0. The molecule has 4 atom stereocenters.